The van der Waals surface area contributed by atoms with E-state index in [0.29, 0.717) is 0 Å². The first kappa shape index (κ1) is 11.3. The Balaban J connectivity index is 2.76. The quantitative estimate of drug-likeness (QED) is 0.631. The third kappa shape index (κ3) is 3.12. The number of carbonyl (C=O) groups excluding carboxylic acids is 1. The van der Waals surface area contributed by atoms with Crippen molar-refractivity contribution in [3.05, 3.63) is 21.0 Å². The minimum Gasteiger partial charge on any atom is -0.459 e. The monoisotopic (exact) mass is 215 g/mol. The molecule has 0 spiro atoms. The first-order valence-electron chi connectivity index (χ1n) is 4.39. The second kappa shape index (κ2) is 3.76. The van der Waals surface area contributed by atoms with Crippen molar-refractivity contribution < 1.29 is 9.53 Å². The van der Waals surface area contributed by atoms with Crippen molar-refractivity contribution in [1.82, 2.24) is 14.8 Å². The zero-order valence-electron chi connectivity index (χ0n) is 8.79. The number of ether oxygens (including phenoxy) is 1. The Labute approximate surface area is 85.0 Å². The summed E-state index contributed by atoms with van der Waals surface area (Å²) >= 11 is 0. The number of esters is 1. The van der Waals surface area contributed by atoms with Crippen molar-refractivity contribution in [2.24, 2.45) is 0 Å². The van der Waals surface area contributed by atoms with Gasteiger partial charge in [-0.15, -0.1) is 0 Å². The molecule has 1 heterocycles. The number of hydrogen-bond acceptors (Lipinski definition) is 4. The Morgan fingerprint density at radius 2 is 1.73 bits per heavy atom. The van der Waals surface area contributed by atoms with E-state index in [2.05, 4.69) is 10.2 Å². The van der Waals surface area contributed by atoms with E-state index in [-0.39, 0.29) is 0 Å². The molecule has 1 aromatic rings. The topological polar surface area (TPSA) is 96.9 Å². The molecule has 0 atom stereocenters. The van der Waals surface area contributed by atoms with Gasteiger partial charge in [-0.2, -0.15) is 0 Å². The van der Waals surface area contributed by atoms with E-state index in [0.717, 1.165) is 4.57 Å². The summed E-state index contributed by atoms with van der Waals surface area (Å²) < 4.78 is 5.69. The van der Waals surface area contributed by atoms with Crippen LogP contribution in [-0.4, -0.2) is 26.3 Å². The minimum absolute atomic E-state index is 0.394. The van der Waals surface area contributed by atoms with E-state index in [1.807, 2.05) is 0 Å². The number of nitrogens with zero attached hydrogens (tertiary/aromatic N) is 1. The van der Waals surface area contributed by atoms with Gasteiger partial charge in [0.25, 0.3) is 0 Å². The number of aromatic nitrogens is 3. The van der Waals surface area contributed by atoms with Crippen molar-refractivity contribution in [3.63, 3.8) is 0 Å². The lowest BCUT2D eigenvalue weighted by Gasteiger charge is -2.19. The molecule has 0 aliphatic carbocycles. The molecule has 0 saturated carbocycles. The van der Waals surface area contributed by atoms with E-state index < -0.39 is 29.5 Å². The zero-order chi connectivity index (χ0) is 11.6. The third-order valence-electron chi connectivity index (χ3n) is 1.47. The maximum atomic E-state index is 11.3. The lowest BCUT2D eigenvalue weighted by molar-refractivity contribution is -0.155. The van der Waals surface area contributed by atoms with E-state index >= 15 is 0 Å². The van der Waals surface area contributed by atoms with Crippen LogP contribution >= 0.6 is 0 Å². The Kier molecular flexibility index (Phi) is 2.83. The number of hydrogen-bond donors (Lipinski definition) is 2. The van der Waals surface area contributed by atoms with Crippen LogP contribution in [0.5, 0.6) is 0 Å². The first-order chi connectivity index (χ1) is 6.79. The molecule has 0 fully saturated rings. The van der Waals surface area contributed by atoms with Gasteiger partial charge in [0.1, 0.15) is 12.1 Å². The Morgan fingerprint density at radius 1 is 1.27 bits per heavy atom. The standard InChI is InChI=1S/C8H13N3O4/c1-8(2,3)15-5(12)4-11-6(13)9-10-7(11)14/h4H2,1-3H3,(H,9,13)(H,10,14). The maximum absolute atomic E-state index is 11.3. The van der Waals surface area contributed by atoms with Crippen LogP contribution in [0.1, 0.15) is 20.8 Å². The Hall–Kier alpha value is -1.79. The molecule has 0 bridgehead atoms. The van der Waals surface area contributed by atoms with Crippen LogP contribution in [0.4, 0.5) is 0 Å². The first-order valence-corrected chi connectivity index (χ1v) is 4.39. The number of nitrogens with one attached hydrogen (secondary N) is 2. The van der Waals surface area contributed by atoms with Crippen molar-refractivity contribution in [1.29, 1.82) is 0 Å². The minimum atomic E-state index is -0.661. The predicted molar refractivity (Wildman–Crippen MR) is 51.5 cm³/mol. The number of aromatic amines is 2. The molecular weight excluding hydrogens is 202 g/mol. The zero-order valence-corrected chi connectivity index (χ0v) is 8.79. The highest BCUT2D eigenvalue weighted by atomic mass is 16.6. The van der Waals surface area contributed by atoms with Crippen LogP contribution in [0.2, 0.25) is 0 Å². The van der Waals surface area contributed by atoms with Gasteiger partial charge in [0.2, 0.25) is 0 Å². The summed E-state index contributed by atoms with van der Waals surface area (Å²) in [5.74, 6) is -0.630. The largest absolute Gasteiger partial charge is 0.459 e. The van der Waals surface area contributed by atoms with Crippen LogP contribution in [0.3, 0.4) is 0 Å². The molecule has 0 saturated heterocycles. The van der Waals surface area contributed by atoms with Gasteiger partial charge in [-0.1, -0.05) is 0 Å². The van der Waals surface area contributed by atoms with Gasteiger partial charge in [0.15, 0.2) is 0 Å². The molecule has 0 radical (unpaired) electrons. The van der Waals surface area contributed by atoms with Crippen LogP contribution < -0.4 is 11.4 Å². The molecule has 0 amide bonds. The van der Waals surface area contributed by atoms with Gasteiger partial charge < -0.3 is 4.74 Å². The van der Waals surface area contributed by atoms with E-state index in [1.165, 1.54) is 0 Å². The third-order valence-corrected chi connectivity index (χ3v) is 1.47. The summed E-state index contributed by atoms with van der Waals surface area (Å²) in [6.07, 6.45) is 0. The summed E-state index contributed by atoms with van der Waals surface area (Å²) in [6.45, 7) is 4.72. The molecule has 0 aliphatic heterocycles. The Morgan fingerprint density at radius 3 is 2.13 bits per heavy atom. The van der Waals surface area contributed by atoms with Gasteiger partial charge >= 0.3 is 17.3 Å². The van der Waals surface area contributed by atoms with E-state index in [4.69, 9.17) is 4.74 Å². The van der Waals surface area contributed by atoms with Gasteiger partial charge in [-0.05, 0) is 20.8 Å². The number of carbonyl (C=O) groups is 1. The molecular formula is C8H13N3O4. The van der Waals surface area contributed by atoms with Gasteiger partial charge in [0.05, 0.1) is 0 Å². The number of H-pyrrole nitrogens is 2. The van der Waals surface area contributed by atoms with Crippen molar-refractivity contribution in [2.45, 2.75) is 32.9 Å². The fraction of sp³-hybridized carbons (Fsp3) is 0.625. The normalized spacial score (nSPS) is 11.4. The summed E-state index contributed by atoms with van der Waals surface area (Å²) in [4.78, 5) is 33.3. The molecule has 7 nitrogen and oxygen atoms in total. The molecule has 15 heavy (non-hydrogen) atoms. The fourth-order valence-corrected chi connectivity index (χ4v) is 0.981. The van der Waals surface area contributed by atoms with Crippen LogP contribution in [0.15, 0.2) is 9.59 Å². The van der Waals surface area contributed by atoms with Crippen molar-refractivity contribution >= 4 is 5.97 Å². The van der Waals surface area contributed by atoms with E-state index in [9.17, 15) is 14.4 Å². The van der Waals surface area contributed by atoms with Crippen LogP contribution in [-0.2, 0) is 16.1 Å². The fourth-order valence-electron chi connectivity index (χ4n) is 0.981. The summed E-state index contributed by atoms with van der Waals surface area (Å²) in [5.41, 5.74) is -1.96. The molecule has 0 aliphatic rings. The molecule has 1 rings (SSSR count). The maximum Gasteiger partial charge on any atom is 0.344 e. The second-order valence-electron chi connectivity index (χ2n) is 4.03. The van der Waals surface area contributed by atoms with Crippen molar-refractivity contribution in [3.8, 4) is 0 Å². The highest BCUT2D eigenvalue weighted by Crippen LogP contribution is 2.06. The molecule has 2 N–H and O–H groups in total. The molecule has 84 valence electrons. The average Bonchev–Trinajstić information content (AvgIpc) is 2.32. The van der Waals surface area contributed by atoms with Crippen molar-refractivity contribution in [2.75, 3.05) is 0 Å². The summed E-state index contributed by atoms with van der Waals surface area (Å²) in [7, 11) is 0. The van der Waals surface area contributed by atoms with E-state index in [1.54, 1.807) is 20.8 Å². The van der Waals surface area contributed by atoms with Crippen LogP contribution in [0, 0.1) is 0 Å². The molecule has 0 aromatic carbocycles. The highest BCUT2D eigenvalue weighted by Gasteiger charge is 2.18. The van der Waals surface area contributed by atoms with Gasteiger partial charge in [-0.3, -0.25) is 4.79 Å². The SMILES string of the molecule is CC(C)(C)OC(=O)Cn1c(=O)[nH][nH]c1=O. The average molecular weight is 215 g/mol. The van der Waals surface area contributed by atoms with Gasteiger partial charge in [-0.25, -0.2) is 24.4 Å². The van der Waals surface area contributed by atoms with Crippen LogP contribution in [0.25, 0.3) is 0 Å². The van der Waals surface area contributed by atoms with Gasteiger partial charge in [0, 0.05) is 0 Å². The lowest BCUT2D eigenvalue weighted by atomic mass is 10.2. The summed E-state index contributed by atoms with van der Waals surface area (Å²) in [6, 6.07) is 0. The Bertz CT molecular complexity index is 432. The second-order valence-corrected chi connectivity index (χ2v) is 4.03. The highest BCUT2D eigenvalue weighted by molar-refractivity contribution is 5.69. The summed E-state index contributed by atoms with van der Waals surface area (Å²) in [5, 5.41) is 4.13. The predicted octanol–water partition coefficient (Wildman–Crippen LogP) is -0.794. The molecule has 1 aromatic heterocycles. The lowest BCUT2D eigenvalue weighted by Crippen LogP contribution is -2.34. The smallest absolute Gasteiger partial charge is 0.344 e. The number of rotatable bonds is 2. The molecule has 0 unspecified atom stereocenters. The molecule has 7 heteroatoms.